The molecule has 1 saturated heterocycles. The number of nitrogens with zero attached hydrogens (tertiary/aromatic N) is 1. The minimum atomic E-state index is -0.332. The van der Waals surface area contributed by atoms with Crippen molar-refractivity contribution in [3.8, 4) is 5.75 Å². The molecule has 0 radical (unpaired) electrons. The summed E-state index contributed by atoms with van der Waals surface area (Å²) in [6.45, 7) is 2.70. The third-order valence-electron chi connectivity index (χ3n) is 6.52. The smallest absolute Gasteiger partial charge is 0.257 e. The van der Waals surface area contributed by atoms with Crippen LogP contribution < -0.4 is 15.4 Å². The van der Waals surface area contributed by atoms with Gasteiger partial charge in [0.2, 0.25) is 11.8 Å². The zero-order valence-corrected chi connectivity index (χ0v) is 20.3. The molecule has 4 rings (SSSR count). The number of rotatable bonds is 7. The van der Waals surface area contributed by atoms with Gasteiger partial charge in [0.05, 0.1) is 24.1 Å². The van der Waals surface area contributed by atoms with Crippen molar-refractivity contribution in [1.82, 2.24) is 10.2 Å². The SMILES string of the molecule is CCCC(=O)Nc1ccc2c(c1)C(=O)N(C)[C@H]1CC[C@@H](CC(=O)NCc3ccccc3)O[C@@H]1CO2. The van der Waals surface area contributed by atoms with Gasteiger partial charge in [0, 0.05) is 25.7 Å². The van der Waals surface area contributed by atoms with Crippen LogP contribution in [-0.4, -0.2) is 54.5 Å². The highest BCUT2D eigenvalue weighted by Crippen LogP contribution is 2.32. The zero-order chi connectivity index (χ0) is 24.8. The lowest BCUT2D eigenvalue weighted by molar-refractivity contribution is -0.134. The maximum Gasteiger partial charge on any atom is 0.257 e. The molecule has 8 heteroatoms. The van der Waals surface area contributed by atoms with E-state index in [1.165, 1.54) is 0 Å². The largest absolute Gasteiger partial charge is 0.490 e. The third kappa shape index (κ3) is 6.19. The monoisotopic (exact) mass is 479 g/mol. The molecule has 0 aromatic heterocycles. The highest BCUT2D eigenvalue weighted by Gasteiger charge is 2.39. The standard InChI is InChI=1S/C27H33N3O5/c1-3-7-25(31)29-19-10-13-23-21(14-19)27(33)30(2)22-12-11-20(35-24(22)17-34-23)15-26(32)28-16-18-8-5-4-6-9-18/h4-6,8-10,13-14,20,22,24H,3,7,11-12,15-17H2,1-2H3,(H,28,32)(H,29,31)/t20-,22-,24+/m0/s1. The minimum absolute atomic E-state index is 0.0588. The van der Waals surface area contributed by atoms with Crippen LogP contribution in [0.1, 0.15) is 54.9 Å². The number of benzene rings is 2. The van der Waals surface area contributed by atoms with Crippen molar-refractivity contribution < 1.29 is 23.9 Å². The molecule has 2 heterocycles. The lowest BCUT2D eigenvalue weighted by Gasteiger charge is -2.42. The van der Waals surface area contributed by atoms with Crippen molar-refractivity contribution in [3.05, 3.63) is 59.7 Å². The van der Waals surface area contributed by atoms with Crippen LogP contribution in [0.5, 0.6) is 5.75 Å². The molecule has 0 spiro atoms. The molecule has 2 aliphatic rings. The van der Waals surface area contributed by atoms with Crippen LogP contribution in [0.3, 0.4) is 0 Å². The number of nitrogens with one attached hydrogen (secondary N) is 2. The molecule has 2 aromatic rings. The fourth-order valence-corrected chi connectivity index (χ4v) is 4.63. The molecule has 3 atom stereocenters. The molecule has 2 aliphatic heterocycles. The van der Waals surface area contributed by atoms with Gasteiger partial charge in [-0.2, -0.15) is 0 Å². The number of anilines is 1. The molecule has 3 amide bonds. The summed E-state index contributed by atoms with van der Waals surface area (Å²) in [7, 11) is 1.77. The molecule has 186 valence electrons. The number of amides is 3. The lowest BCUT2D eigenvalue weighted by Crippen LogP contribution is -2.53. The highest BCUT2D eigenvalue weighted by atomic mass is 16.5. The molecule has 0 bridgehead atoms. The van der Waals surface area contributed by atoms with Crippen molar-refractivity contribution in [1.29, 1.82) is 0 Å². The van der Waals surface area contributed by atoms with Gasteiger partial charge in [-0.25, -0.2) is 0 Å². The average Bonchev–Trinajstić information content (AvgIpc) is 2.86. The minimum Gasteiger partial charge on any atom is -0.490 e. The first-order valence-corrected chi connectivity index (χ1v) is 12.2. The summed E-state index contributed by atoms with van der Waals surface area (Å²) in [5.41, 5.74) is 2.04. The number of likely N-dealkylation sites (N-methyl/N-ethyl adjacent to an activating group) is 1. The van der Waals surface area contributed by atoms with Crippen LogP contribution in [0.2, 0.25) is 0 Å². The fourth-order valence-electron chi connectivity index (χ4n) is 4.63. The van der Waals surface area contributed by atoms with E-state index in [1.54, 1.807) is 30.1 Å². The molecule has 2 aromatic carbocycles. The van der Waals surface area contributed by atoms with Gasteiger partial charge in [-0.05, 0) is 43.0 Å². The van der Waals surface area contributed by atoms with Gasteiger partial charge in [0.1, 0.15) is 18.5 Å². The number of carbonyl (C=O) groups is 3. The molecular formula is C27H33N3O5. The first-order chi connectivity index (χ1) is 16.9. The van der Waals surface area contributed by atoms with E-state index in [-0.39, 0.29) is 49.0 Å². The Bertz CT molecular complexity index is 1060. The van der Waals surface area contributed by atoms with Gasteiger partial charge in [0.25, 0.3) is 5.91 Å². The van der Waals surface area contributed by atoms with E-state index < -0.39 is 0 Å². The van der Waals surface area contributed by atoms with E-state index in [2.05, 4.69) is 10.6 Å². The summed E-state index contributed by atoms with van der Waals surface area (Å²) in [5, 5.41) is 5.79. The highest BCUT2D eigenvalue weighted by molar-refractivity contribution is 5.99. The predicted octanol–water partition coefficient (Wildman–Crippen LogP) is 3.51. The quantitative estimate of drug-likeness (QED) is 0.634. The Morgan fingerprint density at radius 3 is 2.66 bits per heavy atom. The van der Waals surface area contributed by atoms with Gasteiger partial charge in [-0.15, -0.1) is 0 Å². The van der Waals surface area contributed by atoms with E-state index in [9.17, 15) is 14.4 Å². The van der Waals surface area contributed by atoms with Crippen LogP contribution in [-0.2, 0) is 20.9 Å². The Labute approximate surface area is 206 Å². The number of carbonyl (C=O) groups excluding carboxylic acids is 3. The average molecular weight is 480 g/mol. The van der Waals surface area contributed by atoms with Gasteiger partial charge in [0.15, 0.2) is 0 Å². The normalized spacial score (nSPS) is 21.6. The summed E-state index contributed by atoms with van der Waals surface area (Å²) >= 11 is 0. The summed E-state index contributed by atoms with van der Waals surface area (Å²) < 4.78 is 12.2. The molecule has 8 nitrogen and oxygen atoms in total. The second kappa shape index (κ2) is 11.4. The number of hydrogen-bond donors (Lipinski definition) is 2. The fraction of sp³-hybridized carbons (Fsp3) is 0.444. The van der Waals surface area contributed by atoms with Crippen LogP contribution in [0.4, 0.5) is 5.69 Å². The summed E-state index contributed by atoms with van der Waals surface area (Å²) in [6.07, 6.45) is 2.28. The van der Waals surface area contributed by atoms with Crippen molar-refractivity contribution in [2.24, 2.45) is 0 Å². The Hall–Kier alpha value is -3.39. The van der Waals surface area contributed by atoms with Gasteiger partial charge in [-0.3, -0.25) is 14.4 Å². The Morgan fingerprint density at radius 1 is 1.09 bits per heavy atom. The Kier molecular flexibility index (Phi) is 8.02. The van der Waals surface area contributed by atoms with E-state index >= 15 is 0 Å². The van der Waals surface area contributed by atoms with Crippen molar-refractivity contribution in [2.45, 2.75) is 63.8 Å². The van der Waals surface area contributed by atoms with Crippen molar-refractivity contribution in [3.63, 3.8) is 0 Å². The van der Waals surface area contributed by atoms with Crippen molar-refractivity contribution in [2.75, 3.05) is 19.0 Å². The Balaban J connectivity index is 1.38. The molecule has 2 N–H and O–H groups in total. The van der Waals surface area contributed by atoms with Crippen LogP contribution in [0.25, 0.3) is 0 Å². The molecule has 0 aliphatic carbocycles. The molecular weight excluding hydrogens is 446 g/mol. The van der Waals surface area contributed by atoms with Crippen LogP contribution >= 0.6 is 0 Å². The van der Waals surface area contributed by atoms with E-state index in [0.29, 0.717) is 36.4 Å². The topological polar surface area (TPSA) is 97.0 Å². The summed E-state index contributed by atoms with van der Waals surface area (Å²) in [4.78, 5) is 39.5. The number of ether oxygens (including phenoxy) is 2. The summed E-state index contributed by atoms with van der Waals surface area (Å²) in [6, 6.07) is 14.7. The number of fused-ring (bicyclic) bond motifs is 2. The predicted molar refractivity (Wildman–Crippen MR) is 132 cm³/mol. The maximum absolute atomic E-state index is 13.3. The van der Waals surface area contributed by atoms with Gasteiger partial charge >= 0.3 is 0 Å². The van der Waals surface area contributed by atoms with Gasteiger partial charge < -0.3 is 25.0 Å². The summed E-state index contributed by atoms with van der Waals surface area (Å²) in [5.74, 6) is 0.139. The molecule has 0 unspecified atom stereocenters. The second-order valence-corrected chi connectivity index (χ2v) is 9.14. The first kappa shape index (κ1) is 24.7. The van der Waals surface area contributed by atoms with Crippen LogP contribution in [0.15, 0.2) is 48.5 Å². The lowest BCUT2D eigenvalue weighted by atomic mass is 9.94. The number of hydrogen-bond acceptors (Lipinski definition) is 5. The second-order valence-electron chi connectivity index (χ2n) is 9.14. The first-order valence-electron chi connectivity index (χ1n) is 12.2. The van der Waals surface area contributed by atoms with E-state index in [0.717, 1.165) is 18.4 Å². The maximum atomic E-state index is 13.3. The molecule has 1 fully saturated rings. The molecule has 0 saturated carbocycles. The van der Waals surface area contributed by atoms with E-state index in [4.69, 9.17) is 9.47 Å². The van der Waals surface area contributed by atoms with E-state index in [1.807, 2.05) is 37.3 Å². The third-order valence-corrected chi connectivity index (χ3v) is 6.52. The van der Waals surface area contributed by atoms with Gasteiger partial charge in [-0.1, -0.05) is 37.3 Å². The molecule has 35 heavy (non-hydrogen) atoms. The Morgan fingerprint density at radius 2 is 1.89 bits per heavy atom. The van der Waals surface area contributed by atoms with Crippen LogP contribution in [0, 0.1) is 0 Å². The zero-order valence-electron chi connectivity index (χ0n) is 20.3. The van der Waals surface area contributed by atoms with Crippen molar-refractivity contribution >= 4 is 23.4 Å².